The summed E-state index contributed by atoms with van der Waals surface area (Å²) in [7, 11) is 0. The van der Waals surface area contributed by atoms with E-state index in [4.69, 9.17) is 32.5 Å². The molecular weight excluding hydrogens is 327 g/mol. The Morgan fingerprint density at radius 2 is 2.09 bits per heavy atom. The second-order valence-corrected chi connectivity index (χ2v) is 5.88. The minimum Gasteiger partial charge on any atom is -0.489 e. The van der Waals surface area contributed by atoms with Crippen molar-refractivity contribution in [2.24, 2.45) is 0 Å². The molecule has 1 aromatic carbocycles. The van der Waals surface area contributed by atoms with Crippen molar-refractivity contribution in [1.82, 2.24) is 5.16 Å². The van der Waals surface area contributed by atoms with Gasteiger partial charge < -0.3 is 14.2 Å². The first-order valence-corrected chi connectivity index (χ1v) is 7.64. The van der Waals surface area contributed by atoms with Crippen LogP contribution >= 0.6 is 23.2 Å². The number of amides is 1. The zero-order chi connectivity index (χ0) is 15.7. The minimum atomic E-state index is -0.0167. The number of benzene rings is 1. The smallest absolute Gasteiger partial charge is 0.227 e. The molecule has 2 heterocycles. The maximum Gasteiger partial charge on any atom is 0.227 e. The highest BCUT2D eigenvalue weighted by molar-refractivity contribution is 6.42. The lowest BCUT2D eigenvalue weighted by molar-refractivity contribution is -0.118. The third-order valence-corrected chi connectivity index (χ3v) is 4.15. The van der Waals surface area contributed by atoms with Gasteiger partial charge >= 0.3 is 0 Å². The standard InChI is InChI=1S/C15H14Cl2N2O3/c1-9-6-10(22-18-9)2-3-15(20)19-4-5-21-14-8-12(17)11(16)7-13(14)19/h6-8H,2-5H2,1H3. The number of halogens is 2. The van der Waals surface area contributed by atoms with Crippen LogP contribution in [0, 0.1) is 6.92 Å². The van der Waals surface area contributed by atoms with Crippen LogP contribution in [0.3, 0.4) is 0 Å². The fraction of sp³-hybridized carbons (Fsp3) is 0.333. The number of aryl methyl sites for hydroxylation is 2. The second kappa shape index (κ2) is 6.18. The second-order valence-electron chi connectivity index (χ2n) is 5.06. The zero-order valence-electron chi connectivity index (χ0n) is 11.9. The minimum absolute atomic E-state index is 0.0167. The van der Waals surface area contributed by atoms with E-state index >= 15 is 0 Å². The maximum absolute atomic E-state index is 12.5. The van der Waals surface area contributed by atoms with Gasteiger partial charge in [-0.3, -0.25) is 4.79 Å². The SMILES string of the molecule is Cc1cc(CCC(=O)N2CCOc3cc(Cl)c(Cl)cc32)on1. The molecule has 116 valence electrons. The van der Waals surface area contributed by atoms with E-state index in [9.17, 15) is 4.79 Å². The summed E-state index contributed by atoms with van der Waals surface area (Å²) in [5, 5.41) is 4.62. The number of carbonyl (C=O) groups excluding carboxylic acids is 1. The van der Waals surface area contributed by atoms with Gasteiger partial charge in [0.05, 0.1) is 28.0 Å². The molecule has 1 aliphatic heterocycles. The molecule has 0 bridgehead atoms. The zero-order valence-corrected chi connectivity index (χ0v) is 13.4. The van der Waals surface area contributed by atoms with Crippen LogP contribution in [-0.2, 0) is 11.2 Å². The number of nitrogens with zero attached hydrogens (tertiary/aromatic N) is 2. The summed E-state index contributed by atoms with van der Waals surface area (Å²) in [6.07, 6.45) is 0.835. The molecule has 2 aromatic rings. The lowest BCUT2D eigenvalue weighted by atomic mass is 10.2. The molecule has 0 fully saturated rings. The van der Waals surface area contributed by atoms with Crippen LogP contribution < -0.4 is 9.64 Å². The van der Waals surface area contributed by atoms with Crippen LogP contribution in [0.25, 0.3) is 0 Å². The topological polar surface area (TPSA) is 55.6 Å². The van der Waals surface area contributed by atoms with Gasteiger partial charge in [0.2, 0.25) is 5.91 Å². The molecule has 0 saturated heterocycles. The normalized spacial score (nSPS) is 13.7. The fourth-order valence-corrected chi connectivity index (χ4v) is 2.68. The lowest BCUT2D eigenvalue weighted by Crippen LogP contribution is -2.38. The largest absolute Gasteiger partial charge is 0.489 e. The molecule has 1 aromatic heterocycles. The highest BCUT2D eigenvalue weighted by atomic mass is 35.5. The average Bonchev–Trinajstić information content (AvgIpc) is 2.91. The average molecular weight is 341 g/mol. The number of ether oxygens (including phenoxy) is 1. The van der Waals surface area contributed by atoms with Gasteiger partial charge in [0.1, 0.15) is 18.1 Å². The van der Waals surface area contributed by atoms with Gasteiger partial charge in [-0.1, -0.05) is 28.4 Å². The van der Waals surface area contributed by atoms with Crippen LogP contribution in [0.2, 0.25) is 10.0 Å². The van der Waals surface area contributed by atoms with Gasteiger partial charge in [0.15, 0.2) is 0 Å². The van der Waals surface area contributed by atoms with Crippen molar-refractivity contribution in [1.29, 1.82) is 0 Å². The van der Waals surface area contributed by atoms with E-state index in [0.717, 1.165) is 5.69 Å². The maximum atomic E-state index is 12.5. The van der Waals surface area contributed by atoms with Crippen molar-refractivity contribution in [3.63, 3.8) is 0 Å². The Labute approximate surface area is 137 Å². The fourth-order valence-electron chi connectivity index (χ4n) is 2.37. The van der Waals surface area contributed by atoms with E-state index in [1.54, 1.807) is 17.0 Å². The third-order valence-electron chi connectivity index (χ3n) is 3.43. The summed E-state index contributed by atoms with van der Waals surface area (Å²) < 4.78 is 10.7. The number of hydrogen-bond donors (Lipinski definition) is 0. The summed E-state index contributed by atoms with van der Waals surface area (Å²) in [4.78, 5) is 14.1. The molecule has 3 rings (SSSR count). The molecular formula is C15H14Cl2N2O3. The van der Waals surface area contributed by atoms with Crippen LogP contribution in [0.1, 0.15) is 17.9 Å². The molecule has 5 nitrogen and oxygen atoms in total. The van der Waals surface area contributed by atoms with Gasteiger partial charge in [-0.05, 0) is 13.0 Å². The predicted octanol–water partition coefficient (Wildman–Crippen LogP) is 3.65. The summed E-state index contributed by atoms with van der Waals surface area (Å²) in [5.41, 5.74) is 1.46. The molecule has 0 unspecified atom stereocenters. The van der Waals surface area contributed by atoms with E-state index in [1.165, 1.54) is 0 Å². The number of carbonyl (C=O) groups is 1. The number of rotatable bonds is 3. The molecule has 0 radical (unpaired) electrons. The third kappa shape index (κ3) is 3.05. The van der Waals surface area contributed by atoms with Crippen molar-refractivity contribution in [2.75, 3.05) is 18.1 Å². The van der Waals surface area contributed by atoms with Crippen molar-refractivity contribution < 1.29 is 14.1 Å². The first-order chi connectivity index (χ1) is 10.5. The molecule has 1 aliphatic rings. The van der Waals surface area contributed by atoms with Crippen LogP contribution in [0.15, 0.2) is 22.7 Å². The predicted molar refractivity (Wildman–Crippen MR) is 83.9 cm³/mol. The monoisotopic (exact) mass is 340 g/mol. The first-order valence-electron chi connectivity index (χ1n) is 6.89. The summed E-state index contributed by atoms with van der Waals surface area (Å²) in [6.45, 7) is 2.76. The molecule has 1 amide bonds. The van der Waals surface area contributed by atoms with Crippen molar-refractivity contribution in [3.05, 3.63) is 39.7 Å². The van der Waals surface area contributed by atoms with E-state index in [-0.39, 0.29) is 5.91 Å². The molecule has 0 atom stereocenters. The Hall–Kier alpha value is -1.72. The molecule has 7 heteroatoms. The number of anilines is 1. The Morgan fingerprint density at radius 3 is 2.82 bits per heavy atom. The van der Waals surface area contributed by atoms with Crippen molar-refractivity contribution >= 4 is 34.8 Å². The van der Waals surface area contributed by atoms with Crippen LogP contribution in [-0.4, -0.2) is 24.2 Å². The molecule has 0 spiro atoms. The van der Waals surface area contributed by atoms with E-state index < -0.39 is 0 Å². The van der Waals surface area contributed by atoms with Gasteiger partial charge in [0.25, 0.3) is 0 Å². The summed E-state index contributed by atoms with van der Waals surface area (Å²) >= 11 is 12.0. The Balaban J connectivity index is 1.75. The van der Waals surface area contributed by atoms with Crippen molar-refractivity contribution in [2.45, 2.75) is 19.8 Å². The van der Waals surface area contributed by atoms with Crippen molar-refractivity contribution in [3.8, 4) is 5.75 Å². The van der Waals surface area contributed by atoms with Gasteiger partial charge in [0, 0.05) is 25.0 Å². The summed E-state index contributed by atoms with van der Waals surface area (Å²) in [6, 6.07) is 5.13. The highest BCUT2D eigenvalue weighted by Crippen LogP contribution is 2.38. The number of hydrogen-bond acceptors (Lipinski definition) is 4. The van der Waals surface area contributed by atoms with Crippen LogP contribution in [0.4, 0.5) is 5.69 Å². The van der Waals surface area contributed by atoms with Gasteiger partial charge in [-0.25, -0.2) is 0 Å². The van der Waals surface area contributed by atoms with E-state index in [1.807, 2.05) is 13.0 Å². The summed E-state index contributed by atoms with van der Waals surface area (Å²) in [5.74, 6) is 1.26. The molecule has 0 saturated carbocycles. The number of fused-ring (bicyclic) bond motifs is 1. The lowest BCUT2D eigenvalue weighted by Gasteiger charge is -2.30. The van der Waals surface area contributed by atoms with Crippen LogP contribution in [0.5, 0.6) is 5.75 Å². The molecule has 0 aliphatic carbocycles. The Bertz CT molecular complexity index is 715. The Kier molecular flexibility index (Phi) is 4.27. The van der Waals surface area contributed by atoms with Gasteiger partial charge in [-0.2, -0.15) is 0 Å². The quantitative estimate of drug-likeness (QED) is 0.855. The highest BCUT2D eigenvalue weighted by Gasteiger charge is 2.25. The number of aromatic nitrogens is 1. The molecule has 0 N–H and O–H groups in total. The first kappa shape index (κ1) is 15.2. The van der Waals surface area contributed by atoms with E-state index in [0.29, 0.717) is 53.2 Å². The Morgan fingerprint density at radius 1 is 1.32 bits per heavy atom. The van der Waals surface area contributed by atoms with Gasteiger partial charge in [-0.15, -0.1) is 0 Å². The van der Waals surface area contributed by atoms with E-state index in [2.05, 4.69) is 5.16 Å². The molecule has 22 heavy (non-hydrogen) atoms.